The van der Waals surface area contributed by atoms with Crippen molar-refractivity contribution in [2.75, 3.05) is 25.1 Å². The van der Waals surface area contributed by atoms with E-state index < -0.39 is 0 Å². The molecule has 3 nitrogen and oxygen atoms in total. The Morgan fingerprint density at radius 1 is 1.26 bits per heavy atom. The summed E-state index contributed by atoms with van der Waals surface area (Å²) in [6, 6.07) is 10.3. The molecule has 1 heterocycles. The van der Waals surface area contributed by atoms with E-state index in [0.29, 0.717) is 12.5 Å². The molecular formula is C16H22N2O. The first-order chi connectivity index (χ1) is 9.16. The van der Waals surface area contributed by atoms with Gasteiger partial charge in [0.2, 0.25) is 0 Å². The predicted molar refractivity (Wildman–Crippen MR) is 80.6 cm³/mol. The number of hydrogen-bond donors (Lipinski definition) is 1. The highest BCUT2D eigenvalue weighted by Crippen LogP contribution is 2.19. The van der Waals surface area contributed by atoms with Crippen LogP contribution in [-0.4, -0.2) is 24.7 Å². The Labute approximate surface area is 115 Å². The molecule has 0 atom stereocenters. The van der Waals surface area contributed by atoms with Crippen LogP contribution in [0.25, 0.3) is 10.9 Å². The van der Waals surface area contributed by atoms with Crippen LogP contribution >= 0.6 is 0 Å². The fourth-order valence-electron chi connectivity index (χ4n) is 1.96. The third-order valence-corrected chi connectivity index (χ3v) is 2.90. The lowest BCUT2D eigenvalue weighted by Crippen LogP contribution is -2.13. The Morgan fingerprint density at radius 2 is 2.05 bits per heavy atom. The summed E-state index contributed by atoms with van der Waals surface area (Å²) in [6.45, 7) is 8.71. The summed E-state index contributed by atoms with van der Waals surface area (Å²) in [6.07, 6.45) is 0. The molecule has 0 aliphatic heterocycles. The topological polar surface area (TPSA) is 34.2 Å². The van der Waals surface area contributed by atoms with Crippen molar-refractivity contribution < 1.29 is 4.74 Å². The molecule has 1 aromatic heterocycles. The Hall–Kier alpha value is -1.61. The smallest absolute Gasteiger partial charge is 0.129 e. The van der Waals surface area contributed by atoms with Gasteiger partial charge >= 0.3 is 0 Å². The molecule has 0 bridgehead atoms. The molecule has 19 heavy (non-hydrogen) atoms. The van der Waals surface area contributed by atoms with Gasteiger partial charge in [-0.05, 0) is 30.5 Å². The van der Waals surface area contributed by atoms with E-state index in [1.165, 1.54) is 10.9 Å². The van der Waals surface area contributed by atoms with Crippen LogP contribution in [0.5, 0.6) is 0 Å². The number of hydrogen-bond acceptors (Lipinski definition) is 3. The van der Waals surface area contributed by atoms with Crippen LogP contribution in [-0.2, 0) is 4.74 Å². The molecule has 1 N–H and O–H groups in total. The number of benzene rings is 1. The number of ether oxygens (including phenoxy) is 1. The first-order valence-corrected chi connectivity index (χ1v) is 6.85. The summed E-state index contributed by atoms with van der Waals surface area (Å²) in [5.41, 5.74) is 2.20. The lowest BCUT2D eigenvalue weighted by molar-refractivity contribution is 0.118. The molecule has 0 aliphatic carbocycles. The molecule has 0 unspecified atom stereocenters. The van der Waals surface area contributed by atoms with E-state index in [9.17, 15) is 0 Å². The maximum absolute atomic E-state index is 5.55. The van der Waals surface area contributed by atoms with Gasteiger partial charge in [0, 0.05) is 18.5 Å². The number of nitrogens with zero attached hydrogens (tertiary/aromatic N) is 1. The van der Waals surface area contributed by atoms with Crippen LogP contribution in [0.1, 0.15) is 19.4 Å². The van der Waals surface area contributed by atoms with Crippen molar-refractivity contribution in [1.82, 2.24) is 4.98 Å². The zero-order valence-corrected chi connectivity index (χ0v) is 11.9. The average Bonchev–Trinajstić information content (AvgIpc) is 2.38. The van der Waals surface area contributed by atoms with Crippen LogP contribution < -0.4 is 5.32 Å². The first kappa shape index (κ1) is 13.8. The molecule has 102 valence electrons. The van der Waals surface area contributed by atoms with E-state index in [4.69, 9.17) is 4.74 Å². The SMILES string of the molecule is Cc1cc2ccccc2nc1NCCOCC(C)C. The highest BCUT2D eigenvalue weighted by Gasteiger charge is 2.02. The van der Waals surface area contributed by atoms with Crippen molar-refractivity contribution in [3.05, 3.63) is 35.9 Å². The third-order valence-electron chi connectivity index (χ3n) is 2.90. The summed E-state index contributed by atoms with van der Waals surface area (Å²) >= 11 is 0. The van der Waals surface area contributed by atoms with E-state index in [2.05, 4.69) is 43.2 Å². The summed E-state index contributed by atoms with van der Waals surface area (Å²) in [7, 11) is 0. The highest BCUT2D eigenvalue weighted by molar-refractivity contribution is 5.81. The molecule has 3 heteroatoms. The van der Waals surface area contributed by atoms with Gasteiger partial charge in [-0.3, -0.25) is 0 Å². The van der Waals surface area contributed by atoms with E-state index >= 15 is 0 Å². The lowest BCUT2D eigenvalue weighted by Gasteiger charge is -2.11. The van der Waals surface area contributed by atoms with E-state index in [-0.39, 0.29) is 0 Å². The molecular weight excluding hydrogens is 236 g/mol. The second-order valence-electron chi connectivity index (χ2n) is 5.24. The van der Waals surface area contributed by atoms with Gasteiger partial charge < -0.3 is 10.1 Å². The zero-order chi connectivity index (χ0) is 13.7. The van der Waals surface area contributed by atoms with Crippen molar-refractivity contribution in [3.8, 4) is 0 Å². The number of rotatable bonds is 6. The van der Waals surface area contributed by atoms with Crippen LogP contribution in [0.3, 0.4) is 0 Å². The molecule has 0 saturated carbocycles. The highest BCUT2D eigenvalue weighted by atomic mass is 16.5. The number of aromatic nitrogens is 1. The van der Waals surface area contributed by atoms with Gasteiger partial charge in [-0.2, -0.15) is 0 Å². The summed E-state index contributed by atoms with van der Waals surface area (Å²) in [5.74, 6) is 1.53. The maximum atomic E-state index is 5.55. The molecule has 0 saturated heterocycles. The van der Waals surface area contributed by atoms with Crippen LogP contribution in [0, 0.1) is 12.8 Å². The molecule has 0 amide bonds. The summed E-state index contributed by atoms with van der Waals surface area (Å²) in [4.78, 5) is 4.64. The fourth-order valence-corrected chi connectivity index (χ4v) is 1.96. The number of nitrogens with one attached hydrogen (secondary N) is 1. The second kappa shape index (κ2) is 6.53. The quantitative estimate of drug-likeness (QED) is 0.803. The Bertz CT molecular complexity index is 537. The van der Waals surface area contributed by atoms with Crippen molar-refractivity contribution in [2.45, 2.75) is 20.8 Å². The molecule has 2 rings (SSSR count). The minimum atomic E-state index is 0.584. The van der Waals surface area contributed by atoms with Crippen LogP contribution in [0.15, 0.2) is 30.3 Å². The number of aryl methyl sites for hydroxylation is 1. The average molecular weight is 258 g/mol. The van der Waals surface area contributed by atoms with E-state index in [0.717, 1.165) is 24.5 Å². The lowest BCUT2D eigenvalue weighted by atomic mass is 10.1. The van der Waals surface area contributed by atoms with Crippen molar-refractivity contribution in [1.29, 1.82) is 0 Å². The summed E-state index contributed by atoms with van der Waals surface area (Å²) in [5, 5.41) is 4.52. The molecule has 0 spiro atoms. The van der Waals surface area contributed by atoms with Gasteiger partial charge in [-0.25, -0.2) is 4.98 Å². The van der Waals surface area contributed by atoms with Gasteiger partial charge in [0.05, 0.1) is 12.1 Å². The maximum Gasteiger partial charge on any atom is 0.129 e. The van der Waals surface area contributed by atoms with Crippen molar-refractivity contribution in [3.63, 3.8) is 0 Å². The monoisotopic (exact) mass is 258 g/mol. The molecule has 0 fully saturated rings. The van der Waals surface area contributed by atoms with Crippen LogP contribution in [0.4, 0.5) is 5.82 Å². The number of anilines is 1. The molecule has 1 aromatic carbocycles. The third kappa shape index (κ3) is 3.93. The molecule has 0 radical (unpaired) electrons. The first-order valence-electron chi connectivity index (χ1n) is 6.85. The largest absolute Gasteiger partial charge is 0.379 e. The number of fused-ring (bicyclic) bond motifs is 1. The molecule has 0 aliphatic rings. The normalized spacial score (nSPS) is 11.2. The van der Waals surface area contributed by atoms with E-state index in [1.807, 2.05) is 18.2 Å². The fraction of sp³-hybridized carbons (Fsp3) is 0.438. The van der Waals surface area contributed by atoms with Crippen LogP contribution in [0.2, 0.25) is 0 Å². The van der Waals surface area contributed by atoms with Gasteiger partial charge in [-0.1, -0.05) is 32.0 Å². The Kier molecular flexibility index (Phi) is 4.74. The van der Waals surface area contributed by atoms with E-state index in [1.54, 1.807) is 0 Å². The number of pyridine rings is 1. The Morgan fingerprint density at radius 3 is 2.84 bits per heavy atom. The van der Waals surface area contributed by atoms with Gasteiger partial charge in [0.1, 0.15) is 5.82 Å². The minimum absolute atomic E-state index is 0.584. The van der Waals surface area contributed by atoms with Gasteiger partial charge in [0.25, 0.3) is 0 Å². The van der Waals surface area contributed by atoms with Crippen molar-refractivity contribution in [2.24, 2.45) is 5.92 Å². The Balaban J connectivity index is 1.95. The standard InChI is InChI=1S/C16H22N2O/c1-12(2)11-19-9-8-17-16-13(3)10-14-6-4-5-7-15(14)18-16/h4-7,10,12H,8-9,11H2,1-3H3,(H,17,18). The zero-order valence-electron chi connectivity index (χ0n) is 11.9. The van der Waals surface area contributed by atoms with Gasteiger partial charge in [-0.15, -0.1) is 0 Å². The van der Waals surface area contributed by atoms with Gasteiger partial charge in [0.15, 0.2) is 0 Å². The second-order valence-corrected chi connectivity index (χ2v) is 5.24. The van der Waals surface area contributed by atoms with Crippen molar-refractivity contribution >= 4 is 16.7 Å². The molecule has 2 aromatic rings. The minimum Gasteiger partial charge on any atom is -0.379 e. The number of para-hydroxylation sites is 1. The summed E-state index contributed by atoms with van der Waals surface area (Å²) < 4.78 is 5.55. The predicted octanol–water partition coefficient (Wildman–Crippen LogP) is 3.63.